The number of rotatable bonds is 3. The average molecular weight is 399 g/mol. The summed E-state index contributed by atoms with van der Waals surface area (Å²) in [5, 5.41) is 5.65. The van der Waals surface area contributed by atoms with Crippen molar-refractivity contribution in [2.45, 2.75) is 18.4 Å². The Morgan fingerprint density at radius 2 is 1.71 bits per heavy atom. The van der Waals surface area contributed by atoms with E-state index in [1.54, 1.807) is 13.1 Å². The van der Waals surface area contributed by atoms with Crippen LogP contribution in [0.2, 0.25) is 0 Å². The standard InChI is InChI=1S/C21H22N4O2.ClH/c1-24-21(27)16-10-6-5-9-15(16)19(23-24)11-20(26)25-12-17(18(22)13-25)14-7-3-2-4-8-14;/h2-10,17-18H,11-13,22H2,1H3;1H/t17-,18+;/m0./s1. The fraction of sp³-hybridized carbons (Fsp3) is 0.286. The van der Waals surface area contributed by atoms with Gasteiger partial charge in [0, 0.05) is 37.5 Å². The number of fused-ring (bicyclic) bond motifs is 1. The van der Waals surface area contributed by atoms with Crippen molar-refractivity contribution < 1.29 is 4.79 Å². The quantitative estimate of drug-likeness (QED) is 0.730. The maximum Gasteiger partial charge on any atom is 0.274 e. The third-order valence-corrected chi connectivity index (χ3v) is 5.30. The molecule has 0 spiro atoms. The summed E-state index contributed by atoms with van der Waals surface area (Å²) >= 11 is 0. The van der Waals surface area contributed by atoms with E-state index in [4.69, 9.17) is 5.73 Å². The Bertz CT molecular complexity index is 1050. The first kappa shape index (κ1) is 20.0. The highest BCUT2D eigenvalue weighted by atomic mass is 35.5. The Hall–Kier alpha value is -2.70. The topological polar surface area (TPSA) is 81.2 Å². The van der Waals surface area contributed by atoms with Crippen LogP contribution in [0.5, 0.6) is 0 Å². The Labute approximate surface area is 169 Å². The molecule has 2 heterocycles. The van der Waals surface area contributed by atoms with Crippen LogP contribution in [0.25, 0.3) is 10.8 Å². The third kappa shape index (κ3) is 3.66. The maximum atomic E-state index is 12.9. The lowest BCUT2D eigenvalue weighted by molar-refractivity contribution is -0.129. The van der Waals surface area contributed by atoms with Crippen molar-refractivity contribution in [1.29, 1.82) is 0 Å². The van der Waals surface area contributed by atoms with Crippen LogP contribution in [0.3, 0.4) is 0 Å². The summed E-state index contributed by atoms with van der Waals surface area (Å²) in [4.78, 5) is 27.0. The van der Waals surface area contributed by atoms with Crippen molar-refractivity contribution in [3.8, 4) is 0 Å². The number of aryl methyl sites for hydroxylation is 1. The van der Waals surface area contributed by atoms with E-state index in [2.05, 4.69) is 17.2 Å². The fourth-order valence-corrected chi connectivity index (χ4v) is 3.85. The van der Waals surface area contributed by atoms with Crippen LogP contribution in [0, 0.1) is 0 Å². The molecule has 1 aromatic heterocycles. The van der Waals surface area contributed by atoms with Gasteiger partial charge in [0.05, 0.1) is 17.5 Å². The highest BCUT2D eigenvalue weighted by Crippen LogP contribution is 2.27. The van der Waals surface area contributed by atoms with Gasteiger partial charge in [0.25, 0.3) is 5.56 Å². The van der Waals surface area contributed by atoms with Gasteiger partial charge < -0.3 is 10.6 Å². The van der Waals surface area contributed by atoms with E-state index in [1.807, 2.05) is 41.3 Å². The van der Waals surface area contributed by atoms with Gasteiger partial charge in [-0.05, 0) is 11.6 Å². The van der Waals surface area contributed by atoms with Gasteiger partial charge in [0.15, 0.2) is 0 Å². The fourth-order valence-electron chi connectivity index (χ4n) is 3.85. The first-order valence-corrected chi connectivity index (χ1v) is 9.08. The zero-order valence-electron chi connectivity index (χ0n) is 15.6. The molecule has 1 saturated heterocycles. The van der Waals surface area contributed by atoms with E-state index in [1.165, 1.54) is 4.68 Å². The molecular weight excluding hydrogens is 376 g/mol. The second-order valence-electron chi connectivity index (χ2n) is 7.08. The molecule has 2 aromatic carbocycles. The van der Waals surface area contributed by atoms with Crippen molar-refractivity contribution in [3.05, 3.63) is 76.2 Å². The molecule has 4 rings (SSSR count). The van der Waals surface area contributed by atoms with Crippen molar-refractivity contribution in [2.24, 2.45) is 12.8 Å². The molecule has 1 fully saturated rings. The van der Waals surface area contributed by atoms with Crippen LogP contribution in [0.1, 0.15) is 17.2 Å². The number of carbonyl (C=O) groups is 1. The zero-order chi connectivity index (χ0) is 19.0. The molecule has 0 unspecified atom stereocenters. The average Bonchev–Trinajstić information content (AvgIpc) is 3.08. The smallest absolute Gasteiger partial charge is 0.274 e. The van der Waals surface area contributed by atoms with Gasteiger partial charge in [-0.3, -0.25) is 9.59 Å². The van der Waals surface area contributed by atoms with E-state index in [0.717, 1.165) is 10.9 Å². The summed E-state index contributed by atoms with van der Waals surface area (Å²) < 4.78 is 1.30. The van der Waals surface area contributed by atoms with Crippen LogP contribution >= 0.6 is 12.4 Å². The maximum absolute atomic E-state index is 12.9. The Morgan fingerprint density at radius 3 is 2.43 bits per heavy atom. The molecule has 1 aliphatic rings. The van der Waals surface area contributed by atoms with E-state index in [0.29, 0.717) is 24.2 Å². The number of benzene rings is 2. The molecule has 1 aliphatic heterocycles. The molecular formula is C21H23ClN4O2. The molecule has 2 N–H and O–H groups in total. The first-order chi connectivity index (χ1) is 13.0. The van der Waals surface area contributed by atoms with Crippen LogP contribution in [0.4, 0.5) is 0 Å². The van der Waals surface area contributed by atoms with Gasteiger partial charge in [-0.15, -0.1) is 12.4 Å². The normalized spacial score (nSPS) is 18.9. The first-order valence-electron chi connectivity index (χ1n) is 9.08. The summed E-state index contributed by atoms with van der Waals surface area (Å²) in [6.45, 7) is 1.13. The number of hydrogen-bond acceptors (Lipinski definition) is 4. The Balaban J connectivity index is 0.00000225. The molecule has 0 bridgehead atoms. The predicted molar refractivity (Wildman–Crippen MR) is 112 cm³/mol. The second-order valence-corrected chi connectivity index (χ2v) is 7.08. The summed E-state index contributed by atoms with van der Waals surface area (Å²) in [6.07, 6.45) is 0.156. The number of aromatic nitrogens is 2. The van der Waals surface area contributed by atoms with Gasteiger partial charge in [-0.2, -0.15) is 5.10 Å². The number of amides is 1. The summed E-state index contributed by atoms with van der Waals surface area (Å²) in [7, 11) is 1.61. The lowest BCUT2D eigenvalue weighted by Gasteiger charge is -2.17. The largest absolute Gasteiger partial charge is 0.340 e. The van der Waals surface area contributed by atoms with Gasteiger partial charge in [0.2, 0.25) is 5.91 Å². The van der Waals surface area contributed by atoms with Gasteiger partial charge in [-0.1, -0.05) is 48.5 Å². The van der Waals surface area contributed by atoms with E-state index < -0.39 is 0 Å². The number of nitrogens with zero attached hydrogens (tertiary/aromatic N) is 3. The third-order valence-electron chi connectivity index (χ3n) is 5.30. The van der Waals surface area contributed by atoms with Crippen molar-refractivity contribution in [1.82, 2.24) is 14.7 Å². The minimum absolute atomic E-state index is 0. The van der Waals surface area contributed by atoms with Crippen LogP contribution in [-0.4, -0.2) is 39.7 Å². The number of nitrogens with two attached hydrogens (primary N) is 1. The van der Waals surface area contributed by atoms with Crippen LogP contribution in [-0.2, 0) is 18.3 Å². The highest BCUT2D eigenvalue weighted by Gasteiger charge is 2.34. The number of carbonyl (C=O) groups excluding carboxylic acids is 1. The SMILES string of the molecule is Cl.Cn1nc(CC(=O)N2C[C@@H](N)[C@H](c3ccccc3)C2)c2ccccc2c1=O. The zero-order valence-corrected chi connectivity index (χ0v) is 16.4. The molecule has 1 amide bonds. The molecule has 0 saturated carbocycles. The van der Waals surface area contributed by atoms with Crippen LogP contribution in [0.15, 0.2) is 59.4 Å². The molecule has 2 atom stereocenters. The van der Waals surface area contributed by atoms with E-state index >= 15 is 0 Å². The minimum Gasteiger partial charge on any atom is -0.340 e. The Morgan fingerprint density at radius 1 is 1.07 bits per heavy atom. The van der Waals surface area contributed by atoms with Crippen molar-refractivity contribution in [3.63, 3.8) is 0 Å². The highest BCUT2D eigenvalue weighted by molar-refractivity contribution is 5.88. The summed E-state index contributed by atoms with van der Waals surface area (Å²) in [5.74, 6) is 0.125. The molecule has 7 heteroatoms. The van der Waals surface area contributed by atoms with Crippen molar-refractivity contribution >= 4 is 29.1 Å². The summed E-state index contributed by atoms with van der Waals surface area (Å²) in [6, 6.07) is 17.3. The molecule has 0 aliphatic carbocycles. The van der Waals surface area contributed by atoms with Crippen LogP contribution < -0.4 is 11.3 Å². The lowest BCUT2D eigenvalue weighted by Crippen LogP contribution is -2.34. The van der Waals surface area contributed by atoms with Gasteiger partial charge in [0.1, 0.15) is 0 Å². The number of hydrogen-bond donors (Lipinski definition) is 1. The molecule has 146 valence electrons. The molecule has 6 nitrogen and oxygen atoms in total. The lowest BCUT2D eigenvalue weighted by atomic mass is 9.95. The number of likely N-dealkylation sites (tertiary alicyclic amines) is 1. The van der Waals surface area contributed by atoms with E-state index in [9.17, 15) is 9.59 Å². The molecule has 0 radical (unpaired) electrons. The number of halogens is 1. The monoisotopic (exact) mass is 398 g/mol. The van der Waals surface area contributed by atoms with Crippen molar-refractivity contribution in [2.75, 3.05) is 13.1 Å². The molecule has 3 aromatic rings. The predicted octanol–water partition coefficient (Wildman–Crippen LogP) is 1.85. The van der Waals surface area contributed by atoms with E-state index in [-0.39, 0.29) is 42.3 Å². The second kappa shape index (κ2) is 8.12. The Kier molecular flexibility index (Phi) is 5.82. The minimum atomic E-state index is -0.158. The summed E-state index contributed by atoms with van der Waals surface area (Å²) in [5.41, 5.74) is 7.93. The van der Waals surface area contributed by atoms with Gasteiger partial charge in [-0.25, -0.2) is 4.68 Å². The molecule has 28 heavy (non-hydrogen) atoms. The van der Waals surface area contributed by atoms with Gasteiger partial charge >= 0.3 is 0 Å².